The second kappa shape index (κ2) is 25.9. The van der Waals surface area contributed by atoms with Gasteiger partial charge in [-0.1, -0.05) is 45.0 Å². The molecule has 0 fully saturated rings. The number of fused-ring (bicyclic) bond motifs is 3. The summed E-state index contributed by atoms with van der Waals surface area (Å²) in [5.74, 6) is -13.8. The number of benzene rings is 2. The molecule has 6 heterocycles. The van der Waals surface area contributed by atoms with Gasteiger partial charge >= 0.3 is 30.1 Å². The number of anilines is 3. The van der Waals surface area contributed by atoms with Crippen LogP contribution < -0.4 is 25.8 Å². The van der Waals surface area contributed by atoms with E-state index in [2.05, 4.69) is 40.7 Å². The van der Waals surface area contributed by atoms with Crippen molar-refractivity contribution in [1.29, 1.82) is 0 Å². The van der Waals surface area contributed by atoms with Crippen molar-refractivity contribution in [3.05, 3.63) is 105 Å². The second-order valence-corrected chi connectivity index (χ2v) is 22.1. The molecule has 0 aliphatic carbocycles. The lowest BCUT2D eigenvalue weighted by atomic mass is 10.0. The Labute approximate surface area is 491 Å². The van der Waals surface area contributed by atoms with Gasteiger partial charge in [-0.2, -0.15) is 41.6 Å². The van der Waals surface area contributed by atoms with E-state index in [4.69, 9.17) is 9.47 Å². The first-order valence-electron chi connectivity index (χ1n) is 27.5. The van der Waals surface area contributed by atoms with Crippen LogP contribution in [0.1, 0.15) is 188 Å². The van der Waals surface area contributed by atoms with Crippen molar-refractivity contribution < 1.29 is 84.0 Å². The van der Waals surface area contributed by atoms with Crippen LogP contribution in [0.15, 0.2) is 48.5 Å². The van der Waals surface area contributed by atoms with E-state index >= 15 is 0 Å². The van der Waals surface area contributed by atoms with Gasteiger partial charge in [0.05, 0.1) is 70.2 Å². The number of hydrogen-bond acceptors (Lipinski definition) is 15. The minimum absolute atomic E-state index is 0.0203. The van der Waals surface area contributed by atoms with Gasteiger partial charge in [0.15, 0.2) is 5.82 Å². The number of halogens is 6. The van der Waals surface area contributed by atoms with Gasteiger partial charge in [0, 0.05) is 25.8 Å². The molecule has 0 radical (unpaired) electrons. The summed E-state index contributed by atoms with van der Waals surface area (Å²) in [5, 5.41) is 29.5. The van der Waals surface area contributed by atoms with E-state index in [0.717, 1.165) is 20.0 Å². The summed E-state index contributed by atoms with van der Waals surface area (Å²) < 4.78 is 110. The van der Waals surface area contributed by atoms with Crippen molar-refractivity contribution in [2.45, 2.75) is 156 Å². The minimum Gasteiger partial charge on any atom is -0.477 e. The Kier molecular flexibility index (Phi) is 20.0. The molecular weight excluding hydrogens is 1140 g/mol. The predicted octanol–water partition coefficient (Wildman–Crippen LogP) is 10.3. The number of rotatable bonds is 15. The van der Waals surface area contributed by atoms with Gasteiger partial charge in [-0.3, -0.25) is 19.4 Å². The number of ether oxygens (including phenoxy) is 4. The molecule has 2 aromatic carbocycles. The highest BCUT2D eigenvalue weighted by atomic mass is 19.3. The summed E-state index contributed by atoms with van der Waals surface area (Å²) in [6, 6.07) is 11.8. The number of amides is 4. The van der Waals surface area contributed by atoms with E-state index in [-0.39, 0.29) is 48.9 Å². The number of aromatic nitrogens is 6. The highest BCUT2D eigenvalue weighted by Gasteiger charge is 2.47. The van der Waals surface area contributed by atoms with Crippen molar-refractivity contribution in [2.75, 3.05) is 49.0 Å². The Morgan fingerprint density at radius 3 is 1.26 bits per heavy atom. The number of nitrogens with one attached hydrogen (secondary N) is 3. The van der Waals surface area contributed by atoms with Crippen LogP contribution in [0.5, 0.6) is 0 Å². The average molecular weight is 1220 g/mol. The number of methoxy groups -OCH3 is 2. The van der Waals surface area contributed by atoms with Gasteiger partial charge in [0.25, 0.3) is 29.6 Å². The van der Waals surface area contributed by atoms with E-state index in [1.54, 1.807) is 104 Å². The Morgan fingerprint density at radius 1 is 0.547 bits per heavy atom. The number of alkyl halides is 6. The SMILES string of the molecule is CCC(F)(F)c1nn2c(c1C(=O)N[C@@H](C)c1ccc(C(=O)OC)cc1)N(C(=O)OC(C)(C)C)CC2.CCC(F)(F)c1nn2c(c1C(=O)N[C@@H](C)c1ccc(C(=O)OC)cc1)NCC2.CCC(F)(F)c1nn2c(c1C(=O)O)N(C(=O)OC(C)(C)C)CC2. The summed E-state index contributed by atoms with van der Waals surface area (Å²) in [5.41, 5.74) is -2.67. The van der Waals surface area contributed by atoms with Gasteiger partial charge < -0.3 is 40.0 Å². The molecule has 0 saturated heterocycles. The molecule has 3 aromatic heterocycles. The summed E-state index contributed by atoms with van der Waals surface area (Å²) in [6.45, 7) is 18.9. The fourth-order valence-electron chi connectivity index (χ4n) is 9.09. The molecule has 0 bridgehead atoms. The van der Waals surface area contributed by atoms with Crippen LogP contribution in [0.25, 0.3) is 0 Å². The third-order valence-electron chi connectivity index (χ3n) is 13.6. The van der Waals surface area contributed by atoms with Crippen LogP contribution in [0, 0.1) is 0 Å². The number of aromatic carboxylic acids is 1. The monoisotopic (exact) mass is 1220 g/mol. The minimum atomic E-state index is -3.38. The number of carbonyl (C=O) groups is 7. The molecule has 4 N–H and O–H groups in total. The zero-order valence-corrected chi connectivity index (χ0v) is 49.9. The largest absolute Gasteiger partial charge is 0.477 e. The quantitative estimate of drug-likeness (QED) is 0.0431. The second-order valence-electron chi connectivity index (χ2n) is 22.1. The lowest BCUT2D eigenvalue weighted by molar-refractivity contribution is -0.0149. The Bertz CT molecular complexity index is 3350. The summed E-state index contributed by atoms with van der Waals surface area (Å²) in [6.07, 6.45) is -3.14. The average Bonchev–Trinajstić information content (AvgIpc) is 1.78. The molecule has 468 valence electrons. The smallest absolute Gasteiger partial charge is 0.416 e. The normalized spacial score (nSPS) is 14.4. The molecule has 2 atom stereocenters. The first-order chi connectivity index (χ1) is 40.0. The number of carboxylic acid groups (broad SMARTS) is 1. The van der Waals surface area contributed by atoms with Gasteiger partial charge in [-0.05, 0) is 90.8 Å². The molecule has 8 rings (SSSR count). The lowest BCUT2D eigenvalue weighted by Gasteiger charge is -2.25. The number of esters is 2. The maximum absolute atomic E-state index is 14.8. The maximum atomic E-state index is 14.8. The van der Waals surface area contributed by atoms with Crippen molar-refractivity contribution in [3.63, 3.8) is 0 Å². The van der Waals surface area contributed by atoms with Crippen LogP contribution in [-0.2, 0) is 56.3 Å². The van der Waals surface area contributed by atoms with Crippen LogP contribution in [0.3, 0.4) is 0 Å². The fourth-order valence-corrected chi connectivity index (χ4v) is 9.09. The summed E-state index contributed by atoms with van der Waals surface area (Å²) >= 11 is 0. The molecule has 0 spiro atoms. The maximum Gasteiger partial charge on any atom is 0.416 e. The summed E-state index contributed by atoms with van der Waals surface area (Å²) in [4.78, 5) is 88.1. The molecule has 0 unspecified atom stereocenters. The van der Waals surface area contributed by atoms with Gasteiger partial charge in [-0.15, -0.1) is 0 Å². The molecule has 86 heavy (non-hydrogen) atoms. The first kappa shape index (κ1) is 66.5. The van der Waals surface area contributed by atoms with Crippen molar-refractivity contribution in [2.24, 2.45) is 0 Å². The number of hydrogen-bond donors (Lipinski definition) is 4. The van der Waals surface area contributed by atoms with Gasteiger partial charge in [0.1, 0.15) is 56.6 Å². The van der Waals surface area contributed by atoms with Crippen molar-refractivity contribution >= 4 is 59.4 Å². The van der Waals surface area contributed by atoms with Crippen LogP contribution in [0.4, 0.5) is 53.4 Å². The van der Waals surface area contributed by atoms with E-state index in [1.807, 2.05) is 0 Å². The zero-order chi connectivity index (χ0) is 64.2. The number of carboxylic acids is 1. The molecule has 4 amide bonds. The van der Waals surface area contributed by atoms with Crippen LogP contribution in [0.2, 0.25) is 0 Å². The topological polar surface area (TPSA) is 273 Å². The fraction of sp³-hybridized carbons (Fsp3) is 0.509. The molecular formula is C57H71F6N11O12. The Morgan fingerprint density at radius 2 is 0.895 bits per heavy atom. The third-order valence-corrected chi connectivity index (χ3v) is 13.6. The number of nitrogens with zero attached hydrogens (tertiary/aromatic N) is 8. The highest BCUT2D eigenvalue weighted by Crippen LogP contribution is 2.42. The highest BCUT2D eigenvalue weighted by molar-refractivity contribution is 6.05. The van der Waals surface area contributed by atoms with Gasteiger partial charge in [-0.25, -0.2) is 38.0 Å². The lowest BCUT2D eigenvalue weighted by Crippen LogP contribution is -2.37. The Hall–Kier alpha value is -8.66. The van der Waals surface area contributed by atoms with E-state index in [9.17, 15) is 65.0 Å². The van der Waals surface area contributed by atoms with Crippen molar-refractivity contribution in [3.8, 4) is 0 Å². The molecule has 29 heteroatoms. The number of carbonyl (C=O) groups excluding carboxylic acids is 6. The molecule has 3 aliphatic rings. The van der Waals surface area contributed by atoms with E-state index < -0.39 is 125 Å². The molecule has 3 aliphatic heterocycles. The van der Waals surface area contributed by atoms with Crippen LogP contribution >= 0.6 is 0 Å². The first-order valence-corrected chi connectivity index (χ1v) is 27.5. The van der Waals surface area contributed by atoms with E-state index in [1.165, 1.54) is 44.4 Å². The molecule has 5 aromatic rings. The Balaban J connectivity index is 0.000000211. The summed E-state index contributed by atoms with van der Waals surface area (Å²) in [7, 11) is 2.56. The third kappa shape index (κ3) is 14.7. The molecule has 23 nitrogen and oxygen atoms in total. The standard InChI is InChI=1S/C24H30F2N4O5.C19H22F2N4O3.C14H19F2N3O4/c1-7-24(25,26)18-17(20-29(12-13-30(20)28-18)22(33)35-23(3,4)5)19(31)27-14(2)15-8-10-16(11-9-15)21(32)34-6;1-4-19(20,21)15-14(16-22-9-10-25(16)24-15)17(26)23-11(2)12-5-7-13(8-6-12)18(27)28-3;1-5-14(15,16)9-8(11(20)21)10-18(6-7-19(10)17-9)12(22)23-13(2,3)4/h8-11,14H,7,12-13H2,1-6H3,(H,27,31);5-8,11,22H,4,9-10H2,1-3H3,(H,23,26);5-7H2,1-4H3,(H,20,21)/t14-;11-;/m00./s1. The van der Waals surface area contributed by atoms with Crippen molar-refractivity contribution in [1.82, 2.24) is 40.0 Å². The predicted molar refractivity (Wildman–Crippen MR) is 299 cm³/mol. The van der Waals surface area contributed by atoms with Crippen LogP contribution in [-0.4, -0.2) is 121 Å². The van der Waals surface area contributed by atoms with E-state index in [0.29, 0.717) is 35.6 Å². The zero-order valence-electron chi connectivity index (χ0n) is 49.9. The van der Waals surface area contributed by atoms with Gasteiger partial charge in [0.2, 0.25) is 0 Å². The molecule has 0 saturated carbocycles.